The number of pyridine rings is 1. The van der Waals surface area contributed by atoms with Gasteiger partial charge in [0.05, 0.1) is 6.61 Å². The third-order valence-electron chi connectivity index (χ3n) is 3.39. The van der Waals surface area contributed by atoms with Crippen LogP contribution in [0.1, 0.15) is 24.8 Å². The number of nitrogens with zero attached hydrogens (tertiary/aromatic N) is 2. The molecule has 100 valence electrons. The Balaban J connectivity index is 2.12. The highest BCUT2D eigenvalue weighted by Gasteiger charge is 2.27. The normalized spacial score (nSPS) is 16.8. The zero-order valence-electron chi connectivity index (χ0n) is 10.4. The van der Waals surface area contributed by atoms with E-state index < -0.39 is 10.0 Å². The Hall–Kier alpha value is -0.980. The minimum atomic E-state index is -3.49. The number of hydrogen-bond acceptors (Lipinski definition) is 4. The largest absolute Gasteiger partial charge is 0.392 e. The van der Waals surface area contributed by atoms with Crippen molar-refractivity contribution in [1.29, 1.82) is 0 Å². The lowest BCUT2D eigenvalue weighted by atomic mass is 9.86. The summed E-state index contributed by atoms with van der Waals surface area (Å²) in [6.07, 6.45) is 4.81. The molecule has 1 saturated carbocycles. The molecule has 0 spiro atoms. The van der Waals surface area contributed by atoms with E-state index in [-0.39, 0.29) is 11.6 Å². The van der Waals surface area contributed by atoms with Crippen molar-refractivity contribution < 1.29 is 13.5 Å². The summed E-state index contributed by atoms with van der Waals surface area (Å²) in [5.74, 6) is 0.487. The van der Waals surface area contributed by atoms with Gasteiger partial charge in [-0.05, 0) is 30.4 Å². The minimum absolute atomic E-state index is 0.0431. The maximum absolute atomic E-state index is 12.2. The van der Waals surface area contributed by atoms with Crippen molar-refractivity contribution in [3.63, 3.8) is 0 Å². The lowest BCUT2D eigenvalue weighted by molar-refractivity contribution is 0.262. The smallest absolute Gasteiger partial charge is 0.260 e. The average Bonchev–Trinajstić information content (AvgIpc) is 2.33. The number of hydrogen-bond donors (Lipinski definition) is 1. The van der Waals surface area contributed by atoms with Gasteiger partial charge in [-0.1, -0.05) is 12.5 Å². The maximum Gasteiger partial charge on any atom is 0.260 e. The summed E-state index contributed by atoms with van der Waals surface area (Å²) in [7, 11) is -1.90. The molecule has 1 aromatic rings. The quantitative estimate of drug-likeness (QED) is 0.866. The predicted octanol–water partition coefficient (Wildman–Crippen LogP) is 0.995. The van der Waals surface area contributed by atoms with Crippen molar-refractivity contribution in [2.75, 3.05) is 13.6 Å². The molecule has 18 heavy (non-hydrogen) atoms. The van der Waals surface area contributed by atoms with Crippen LogP contribution < -0.4 is 0 Å². The molecule has 1 aliphatic carbocycles. The molecule has 1 N–H and O–H groups in total. The minimum Gasteiger partial charge on any atom is -0.392 e. The van der Waals surface area contributed by atoms with Gasteiger partial charge in [-0.15, -0.1) is 0 Å². The second kappa shape index (κ2) is 5.34. The second-order valence-electron chi connectivity index (χ2n) is 4.75. The molecule has 0 aromatic carbocycles. The molecule has 1 fully saturated rings. The van der Waals surface area contributed by atoms with E-state index >= 15 is 0 Å². The van der Waals surface area contributed by atoms with E-state index in [0.717, 1.165) is 12.8 Å². The van der Waals surface area contributed by atoms with Gasteiger partial charge >= 0.3 is 0 Å². The first kappa shape index (κ1) is 13.5. The van der Waals surface area contributed by atoms with Gasteiger partial charge in [-0.25, -0.2) is 13.4 Å². The molecular formula is C12H18N2O3S. The summed E-state index contributed by atoms with van der Waals surface area (Å²) >= 11 is 0. The fourth-order valence-electron chi connectivity index (χ4n) is 1.95. The van der Waals surface area contributed by atoms with E-state index in [9.17, 15) is 8.42 Å². The number of rotatable bonds is 5. The van der Waals surface area contributed by atoms with Crippen molar-refractivity contribution in [3.05, 3.63) is 23.9 Å². The van der Waals surface area contributed by atoms with Gasteiger partial charge in [0, 0.05) is 19.8 Å². The Morgan fingerprint density at radius 2 is 2.17 bits per heavy atom. The van der Waals surface area contributed by atoms with Crippen molar-refractivity contribution in [2.45, 2.75) is 30.9 Å². The van der Waals surface area contributed by atoms with Crippen molar-refractivity contribution in [1.82, 2.24) is 9.29 Å². The first-order chi connectivity index (χ1) is 8.54. The number of sulfonamides is 1. The second-order valence-corrected chi connectivity index (χ2v) is 6.74. The van der Waals surface area contributed by atoms with Crippen molar-refractivity contribution in [3.8, 4) is 0 Å². The molecule has 5 nitrogen and oxygen atoms in total. The van der Waals surface area contributed by atoms with Crippen LogP contribution in [0, 0.1) is 5.92 Å². The lowest BCUT2D eigenvalue weighted by Crippen LogP contribution is -2.34. The summed E-state index contributed by atoms with van der Waals surface area (Å²) in [5.41, 5.74) is 0.607. The molecule has 0 bridgehead atoms. The predicted molar refractivity (Wildman–Crippen MR) is 67.3 cm³/mol. The molecule has 0 saturated heterocycles. The van der Waals surface area contributed by atoms with Gasteiger partial charge in [0.15, 0.2) is 5.03 Å². The van der Waals surface area contributed by atoms with E-state index in [1.165, 1.54) is 23.0 Å². The highest BCUT2D eigenvalue weighted by Crippen LogP contribution is 2.28. The highest BCUT2D eigenvalue weighted by atomic mass is 32.2. The van der Waals surface area contributed by atoms with Gasteiger partial charge in [0.25, 0.3) is 10.0 Å². The van der Waals surface area contributed by atoms with E-state index in [4.69, 9.17) is 5.11 Å². The van der Waals surface area contributed by atoms with Gasteiger partial charge < -0.3 is 5.11 Å². The Bertz CT molecular complexity index is 495. The SMILES string of the molecule is CN(CC1CCC1)S(=O)(=O)c1ccc(CO)cn1. The monoisotopic (exact) mass is 270 g/mol. The molecule has 1 aliphatic rings. The van der Waals surface area contributed by atoms with Gasteiger partial charge in [0.2, 0.25) is 0 Å². The van der Waals surface area contributed by atoms with Crippen molar-refractivity contribution in [2.24, 2.45) is 5.92 Å². The molecule has 1 aromatic heterocycles. The van der Waals surface area contributed by atoms with Crippen LogP contribution in [0.5, 0.6) is 0 Å². The molecule has 1 heterocycles. The lowest BCUT2D eigenvalue weighted by Gasteiger charge is -2.29. The van der Waals surface area contributed by atoms with Gasteiger partial charge in [0.1, 0.15) is 0 Å². The zero-order valence-corrected chi connectivity index (χ0v) is 11.2. The Morgan fingerprint density at radius 3 is 2.61 bits per heavy atom. The van der Waals surface area contributed by atoms with E-state index in [2.05, 4.69) is 4.98 Å². The fourth-order valence-corrected chi connectivity index (χ4v) is 3.11. The average molecular weight is 270 g/mol. The Kier molecular flexibility index (Phi) is 3.99. The standard InChI is InChI=1S/C12H18N2O3S/c1-14(8-10-3-2-4-10)18(16,17)12-6-5-11(9-15)7-13-12/h5-7,10,15H,2-4,8-9H2,1H3. The van der Waals surface area contributed by atoms with Gasteiger partial charge in [-0.3, -0.25) is 0 Å². The molecule has 0 unspecified atom stereocenters. The maximum atomic E-state index is 12.2. The first-order valence-corrected chi connectivity index (χ1v) is 7.50. The summed E-state index contributed by atoms with van der Waals surface area (Å²) in [4.78, 5) is 3.90. The molecular weight excluding hydrogens is 252 g/mol. The van der Waals surface area contributed by atoms with Crippen molar-refractivity contribution >= 4 is 10.0 Å². The van der Waals surface area contributed by atoms with Crippen LogP contribution >= 0.6 is 0 Å². The molecule has 6 heteroatoms. The molecule has 0 atom stereocenters. The summed E-state index contributed by atoms with van der Waals surface area (Å²) in [6.45, 7) is 0.428. The molecule has 0 amide bonds. The van der Waals surface area contributed by atoms with E-state index in [1.54, 1.807) is 13.1 Å². The van der Waals surface area contributed by atoms with E-state index in [0.29, 0.717) is 18.0 Å². The number of aliphatic hydroxyl groups excluding tert-OH is 1. The Labute approximate surface area is 108 Å². The van der Waals surface area contributed by atoms with E-state index in [1.807, 2.05) is 0 Å². The number of aromatic nitrogens is 1. The van der Waals surface area contributed by atoms with Crippen LogP contribution in [-0.2, 0) is 16.6 Å². The first-order valence-electron chi connectivity index (χ1n) is 6.06. The fraction of sp³-hybridized carbons (Fsp3) is 0.583. The third-order valence-corrected chi connectivity index (χ3v) is 5.13. The molecule has 2 rings (SSSR count). The van der Waals surface area contributed by atoms with Gasteiger partial charge in [-0.2, -0.15) is 4.31 Å². The summed E-state index contributed by atoms with van der Waals surface area (Å²) < 4.78 is 25.8. The van der Waals surface area contributed by atoms with Crippen LogP contribution in [0.2, 0.25) is 0 Å². The zero-order chi connectivity index (χ0) is 13.2. The Morgan fingerprint density at radius 1 is 1.44 bits per heavy atom. The van der Waals surface area contributed by atoms with Crippen LogP contribution in [0.25, 0.3) is 0 Å². The van der Waals surface area contributed by atoms with Crippen LogP contribution in [0.4, 0.5) is 0 Å². The van der Waals surface area contributed by atoms with Crippen LogP contribution in [0.15, 0.2) is 23.4 Å². The van der Waals surface area contributed by atoms with Crippen LogP contribution in [-0.4, -0.2) is 36.4 Å². The molecule has 0 radical (unpaired) electrons. The number of aliphatic hydroxyl groups is 1. The third kappa shape index (κ3) is 2.71. The highest BCUT2D eigenvalue weighted by molar-refractivity contribution is 7.89. The van der Waals surface area contributed by atoms with Crippen LogP contribution in [0.3, 0.4) is 0 Å². The topological polar surface area (TPSA) is 70.5 Å². The summed E-state index contributed by atoms with van der Waals surface area (Å²) in [6, 6.07) is 3.02. The summed E-state index contributed by atoms with van der Waals surface area (Å²) in [5, 5.41) is 8.94. The molecule has 0 aliphatic heterocycles.